The quantitative estimate of drug-likeness (QED) is 0.0128. The summed E-state index contributed by atoms with van der Waals surface area (Å²) in [4.78, 5) is 136. The third-order valence-electron chi connectivity index (χ3n) is 16.4. The first-order valence-corrected chi connectivity index (χ1v) is 33.8. The fourth-order valence-electron chi connectivity index (χ4n) is 10.7. The SMILES string of the molecule is C=CCOC(=O)N[C@H](C(=O)NC(C)C(=O)Nc1ccc(COC(=O)Nc2cc(OCCCOc3cc(NC(=O)OCc4ccc(NC(=O)C(C)NC(=O)[C@@H](NC(=O)CCOCCOC)C(C)C)cc4)c(C(=O)N4CC(=C)C[C@H]4CO)cc3OC)c(OC)cc2C(=O)N2CC(=C)C[C@H]2CO)cc1)C(C)C. The van der Waals surface area contributed by atoms with Crippen LogP contribution in [0.5, 0.6) is 23.0 Å². The molecule has 2 saturated heterocycles. The van der Waals surface area contributed by atoms with Gasteiger partial charge in [-0.3, -0.25) is 44.2 Å². The van der Waals surface area contributed by atoms with Gasteiger partial charge in [-0.1, -0.05) is 88.9 Å². The highest BCUT2D eigenvalue weighted by Gasteiger charge is 2.36. The Balaban J connectivity index is 1.09. The number of anilines is 4. The van der Waals surface area contributed by atoms with Crippen LogP contribution in [0.25, 0.3) is 0 Å². The summed E-state index contributed by atoms with van der Waals surface area (Å²) in [7, 11) is 4.26. The molecule has 2 unspecified atom stereocenters. The molecule has 10 amide bonds. The van der Waals surface area contributed by atoms with E-state index in [0.717, 1.165) is 0 Å². The van der Waals surface area contributed by atoms with Crippen LogP contribution in [0, 0.1) is 11.8 Å². The lowest BCUT2D eigenvalue weighted by molar-refractivity contribution is -0.132. The molecule has 0 aliphatic carbocycles. The molecular weight excluding hydrogens is 1350 g/mol. The lowest BCUT2D eigenvalue weighted by atomic mass is 10.0. The molecule has 10 N–H and O–H groups in total. The molecule has 564 valence electrons. The van der Waals surface area contributed by atoms with Crippen molar-refractivity contribution in [2.45, 2.75) is 117 Å². The predicted molar refractivity (Wildman–Crippen MR) is 383 cm³/mol. The molecule has 2 aliphatic heterocycles. The zero-order valence-corrected chi connectivity index (χ0v) is 60.1. The zero-order chi connectivity index (χ0) is 76.2. The number of methoxy groups -OCH3 is 3. The molecule has 0 radical (unpaired) electrons. The number of nitrogens with one attached hydrogen (secondary N) is 8. The Hall–Kier alpha value is -10.8. The number of carbonyl (C=O) groups is 10. The minimum absolute atomic E-state index is 0.0212. The van der Waals surface area contributed by atoms with Crippen LogP contribution in [0.15, 0.2) is 110 Å². The van der Waals surface area contributed by atoms with Crippen molar-refractivity contribution in [3.63, 3.8) is 0 Å². The van der Waals surface area contributed by atoms with E-state index in [1.54, 1.807) is 76.2 Å². The molecule has 2 fully saturated rings. The molecule has 2 heterocycles. The zero-order valence-electron chi connectivity index (χ0n) is 60.1. The number of hydrogen-bond donors (Lipinski definition) is 10. The maximum atomic E-state index is 14.3. The molecule has 31 heteroatoms. The fraction of sp³-hybridized carbons (Fsp3) is 0.452. The first-order valence-electron chi connectivity index (χ1n) is 33.8. The summed E-state index contributed by atoms with van der Waals surface area (Å²) in [5, 5.41) is 41.6. The molecule has 6 rings (SSSR count). The fourth-order valence-corrected chi connectivity index (χ4v) is 10.7. The normalized spacial score (nSPS) is 15.1. The van der Waals surface area contributed by atoms with Crippen molar-refractivity contribution in [3.8, 4) is 23.0 Å². The molecule has 4 aromatic rings. The molecule has 0 aromatic heterocycles. The molecule has 6 atom stereocenters. The Labute approximate surface area is 604 Å². The van der Waals surface area contributed by atoms with E-state index < -0.39 is 90.0 Å². The summed E-state index contributed by atoms with van der Waals surface area (Å²) in [5.41, 5.74) is 3.06. The van der Waals surface area contributed by atoms with Gasteiger partial charge in [0.05, 0.1) is 95.1 Å². The van der Waals surface area contributed by atoms with Crippen molar-refractivity contribution in [1.29, 1.82) is 0 Å². The van der Waals surface area contributed by atoms with E-state index in [1.165, 1.54) is 75.3 Å². The third kappa shape index (κ3) is 24.5. The van der Waals surface area contributed by atoms with Crippen LogP contribution in [-0.4, -0.2) is 203 Å². The van der Waals surface area contributed by atoms with E-state index in [1.807, 2.05) is 0 Å². The number of hydrogen-bond acceptors (Lipinski definition) is 21. The van der Waals surface area contributed by atoms with E-state index in [-0.39, 0.29) is 142 Å². The Bertz CT molecular complexity index is 3700. The van der Waals surface area contributed by atoms with Gasteiger partial charge in [0.1, 0.15) is 44.0 Å². The van der Waals surface area contributed by atoms with E-state index in [0.29, 0.717) is 59.7 Å². The van der Waals surface area contributed by atoms with E-state index in [9.17, 15) is 58.2 Å². The summed E-state index contributed by atoms with van der Waals surface area (Å²) >= 11 is 0. The highest BCUT2D eigenvalue weighted by molar-refractivity contribution is 6.05. The second kappa shape index (κ2) is 40.8. The van der Waals surface area contributed by atoms with E-state index >= 15 is 0 Å². The van der Waals surface area contributed by atoms with Gasteiger partial charge in [-0.2, -0.15) is 0 Å². The molecular formula is C73H96N10O21. The van der Waals surface area contributed by atoms with Gasteiger partial charge >= 0.3 is 18.3 Å². The second-order valence-corrected chi connectivity index (χ2v) is 25.2. The maximum Gasteiger partial charge on any atom is 0.411 e. The van der Waals surface area contributed by atoms with Gasteiger partial charge in [0.25, 0.3) is 11.8 Å². The molecule has 4 aromatic carbocycles. The minimum Gasteiger partial charge on any atom is -0.493 e. The van der Waals surface area contributed by atoms with Crippen LogP contribution in [0.4, 0.5) is 37.1 Å². The van der Waals surface area contributed by atoms with Gasteiger partial charge in [-0.15, -0.1) is 0 Å². The predicted octanol–water partition coefficient (Wildman–Crippen LogP) is 6.59. The van der Waals surface area contributed by atoms with Crippen LogP contribution in [0.3, 0.4) is 0 Å². The minimum atomic E-state index is -1.01. The average Bonchev–Trinajstić information content (AvgIpc) is 1.79. The summed E-state index contributed by atoms with van der Waals surface area (Å²) in [6, 6.07) is 13.1. The smallest absolute Gasteiger partial charge is 0.411 e. The number of rotatable bonds is 38. The van der Waals surface area contributed by atoms with Gasteiger partial charge in [0, 0.05) is 56.5 Å². The van der Waals surface area contributed by atoms with Gasteiger partial charge in [0.15, 0.2) is 23.0 Å². The van der Waals surface area contributed by atoms with Crippen molar-refractivity contribution in [2.75, 3.05) is 109 Å². The lowest BCUT2D eigenvalue weighted by Crippen LogP contribution is -2.53. The van der Waals surface area contributed by atoms with Crippen LogP contribution in [0.1, 0.15) is 99.1 Å². The number of aliphatic hydroxyl groups is 2. The lowest BCUT2D eigenvalue weighted by Gasteiger charge is -2.25. The number of carbonyl (C=O) groups excluding carboxylic acids is 10. The van der Waals surface area contributed by atoms with Crippen molar-refractivity contribution < 1.29 is 101 Å². The van der Waals surface area contributed by atoms with Crippen LogP contribution in [0.2, 0.25) is 0 Å². The molecule has 2 aliphatic rings. The molecule has 0 saturated carbocycles. The highest BCUT2D eigenvalue weighted by atomic mass is 16.6. The topological polar surface area (TPSA) is 397 Å². The Morgan fingerprint density at radius 1 is 0.519 bits per heavy atom. The average molecular weight is 1450 g/mol. The summed E-state index contributed by atoms with van der Waals surface area (Å²) in [6.07, 6.45) is -0.447. The van der Waals surface area contributed by atoms with Crippen molar-refractivity contribution in [3.05, 3.63) is 132 Å². The number of amides is 10. The monoisotopic (exact) mass is 1450 g/mol. The number of ether oxygens (including phenoxy) is 9. The summed E-state index contributed by atoms with van der Waals surface area (Å²) in [6.45, 7) is 21.2. The number of benzene rings is 4. The number of alkyl carbamates (subject to hydrolysis) is 1. The van der Waals surface area contributed by atoms with Gasteiger partial charge in [0.2, 0.25) is 29.5 Å². The largest absolute Gasteiger partial charge is 0.493 e. The Morgan fingerprint density at radius 2 is 0.952 bits per heavy atom. The van der Waals surface area contributed by atoms with E-state index in [2.05, 4.69) is 62.3 Å². The number of likely N-dealkylation sites (tertiary alicyclic amines) is 2. The van der Waals surface area contributed by atoms with Crippen molar-refractivity contribution in [2.24, 2.45) is 11.8 Å². The summed E-state index contributed by atoms with van der Waals surface area (Å²) in [5.74, 6) is -3.97. The summed E-state index contributed by atoms with van der Waals surface area (Å²) < 4.78 is 50.2. The first kappa shape index (κ1) is 82.2. The van der Waals surface area contributed by atoms with Crippen molar-refractivity contribution >= 4 is 82.4 Å². The molecule has 0 spiro atoms. The highest BCUT2D eigenvalue weighted by Crippen LogP contribution is 2.38. The Kier molecular flexibility index (Phi) is 32.2. The molecule has 31 nitrogen and oxygen atoms in total. The van der Waals surface area contributed by atoms with Crippen LogP contribution in [-0.2, 0) is 60.9 Å². The van der Waals surface area contributed by atoms with Gasteiger partial charge in [-0.25, -0.2) is 14.4 Å². The molecule has 0 bridgehead atoms. The molecule has 104 heavy (non-hydrogen) atoms. The number of aliphatic hydroxyl groups excluding tert-OH is 2. The maximum absolute atomic E-state index is 14.3. The van der Waals surface area contributed by atoms with Gasteiger partial charge < -0.3 is 94.5 Å². The Morgan fingerprint density at radius 3 is 1.35 bits per heavy atom. The second-order valence-electron chi connectivity index (χ2n) is 25.2. The van der Waals surface area contributed by atoms with E-state index in [4.69, 9.17) is 42.6 Å². The third-order valence-corrected chi connectivity index (χ3v) is 16.4. The van der Waals surface area contributed by atoms with Gasteiger partial charge in [-0.05, 0) is 86.1 Å². The first-order chi connectivity index (χ1) is 49.7. The number of nitrogens with zero attached hydrogens (tertiary/aromatic N) is 2. The van der Waals surface area contributed by atoms with Crippen LogP contribution < -0.4 is 61.5 Å². The van der Waals surface area contributed by atoms with Crippen LogP contribution >= 0.6 is 0 Å². The van der Waals surface area contributed by atoms with Crippen molar-refractivity contribution in [1.82, 2.24) is 31.1 Å². The standard InChI is InChI=1S/C73H96N10O21/c1-13-24-102-73(95)81-64(43(4)5)68(90)75-47(9)66(88)77-51-21-17-49(18-22-51)41-104-72(94)79-57-35-61(59(98-12)33-55(57)70(92)83-37-45(7)31-53(83)39-85)101-26-14-25-100-60-34-56(54(32-58(60)97-11)69(91)82-36-44(6)30-52(82)38-84)78-71(93)103-40-48-15-19-50(20-16-48)76-65(87)46(8)74-67(89)63(42(2)3)80-62(86)23-27-99-29-28-96-10/h13,15-22,32-35,42-43,46-47,52-53,63-64,84-85H,1,6-7,14,23-31,36-41H2,2-5,8-12H3,(H,74,89)(H,75,90)(H,76,87)(H,77,88)(H,78,93)(H,79,94)(H,80,86)(H,81,95)/t46?,47?,52-,53-,63-,64-/m0/s1.